The molecule has 0 radical (unpaired) electrons. The summed E-state index contributed by atoms with van der Waals surface area (Å²) in [5.41, 5.74) is 0. The molecule has 0 aromatic carbocycles. The zero-order chi connectivity index (χ0) is 11.5. The number of aryl methyl sites for hydroxylation is 1. The van der Waals surface area contributed by atoms with E-state index in [1.54, 1.807) is 6.92 Å². The lowest BCUT2D eigenvalue weighted by Crippen LogP contribution is -2.51. The Morgan fingerprint density at radius 1 is 1.62 bits per heavy atom. The Balaban J connectivity index is 1.73. The van der Waals surface area contributed by atoms with E-state index in [9.17, 15) is 4.79 Å². The summed E-state index contributed by atoms with van der Waals surface area (Å²) in [6.07, 6.45) is 0. The quantitative estimate of drug-likeness (QED) is 0.701. The number of aliphatic hydroxyl groups is 1. The van der Waals surface area contributed by atoms with E-state index in [2.05, 4.69) is 15.5 Å². The van der Waals surface area contributed by atoms with Gasteiger partial charge in [0.1, 0.15) is 0 Å². The zero-order valence-corrected chi connectivity index (χ0v) is 9.01. The second kappa shape index (κ2) is 4.58. The van der Waals surface area contributed by atoms with Gasteiger partial charge in [0.15, 0.2) is 0 Å². The third-order valence-electron chi connectivity index (χ3n) is 2.43. The van der Waals surface area contributed by atoms with Crippen LogP contribution in [0, 0.1) is 12.8 Å². The monoisotopic (exact) mass is 226 g/mol. The number of aliphatic hydroxyl groups excluding tert-OH is 1. The van der Waals surface area contributed by atoms with Crippen LogP contribution in [0.5, 0.6) is 0 Å². The minimum Gasteiger partial charge on any atom is -0.408 e. The molecule has 1 saturated heterocycles. The van der Waals surface area contributed by atoms with Crippen LogP contribution in [0.2, 0.25) is 0 Å². The average Bonchev–Trinajstić information content (AvgIpc) is 2.57. The van der Waals surface area contributed by atoms with E-state index in [1.807, 2.05) is 4.90 Å². The van der Waals surface area contributed by atoms with Crippen LogP contribution in [0.3, 0.4) is 0 Å². The molecule has 0 bridgehead atoms. The molecule has 1 aliphatic heterocycles. The first-order valence-corrected chi connectivity index (χ1v) is 5.10. The van der Waals surface area contributed by atoms with Gasteiger partial charge in [0, 0.05) is 32.5 Å². The van der Waals surface area contributed by atoms with Crippen molar-refractivity contribution in [3.8, 4) is 0 Å². The Morgan fingerprint density at radius 3 is 2.94 bits per heavy atom. The van der Waals surface area contributed by atoms with E-state index < -0.39 is 0 Å². The van der Waals surface area contributed by atoms with Crippen LogP contribution in [0.25, 0.3) is 0 Å². The second-order valence-corrected chi connectivity index (χ2v) is 3.92. The van der Waals surface area contributed by atoms with E-state index >= 15 is 0 Å². The van der Waals surface area contributed by atoms with Gasteiger partial charge in [-0.1, -0.05) is 5.10 Å². The van der Waals surface area contributed by atoms with Crippen molar-refractivity contribution in [1.82, 2.24) is 15.1 Å². The zero-order valence-electron chi connectivity index (χ0n) is 9.01. The summed E-state index contributed by atoms with van der Waals surface area (Å²) in [5, 5.41) is 18.6. The van der Waals surface area contributed by atoms with Gasteiger partial charge in [-0.25, -0.2) is 0 Å². The summed E-state index contributed by atoms with van der Waals surface area (Å²) in [6.45, 7) is 3.64. The van der Waals surface area contributed by atoms with Gasteiger partial charge in [-0.15, -0.1) is 5.10 Å². The van der Waals surface area contributed by atoms with Crippen molar-refractivity contribution >= 4 is 11.9 Å². The van der Waals surface area contributed by atoms with Crippen LogP contribution >= 0.6 is 0 Å². The van der Waals surface area contributed by atoms with Gasteiger partial charge >= 0.3 is 6.01 Å². The van der Waals surface area contributed by atoms with Crippen molar-refractivity contribution in [2.24, 2.45) is 5.92 Å². The average molecular weight is 226 g/mol. The Hall–Kier alpha value is -1.47. The largest absolute Gasteiger partial charge is 0.408 e. The number of carbonyl (C=O) groups is 1. The fourth-order valence-corrected chi connectivity index (χ4v) is 1.63. The molecule has 7 heteroatoms. The van der Waals surface area contributed by atoms with Gasteiger partial charge in [-0.2, -0.15) is 0 Å². The van der Waals surface area contributed by atoms with Crippen LogP contribution in [0.1, 0.15) is 5.89 Å². The number of carbonyl (C=O) groups excluding carboxylic acids is 1. The highest BCUT2D eigenvalue weighted by molar-refractivity contribution is 5.90. The molecule has 0 saturated carbocycles. The Kier molecular flexibility index (Phi) is 3.16. The number of aromatic nitrogens is 2. The van der Waals surface area contributed by atoms with E-state index in [-0.39, 0.29) is 25.1 Å². The third kappa shape index (κ3) is 2.56. The highest BCUT2D eigenvalue weighted by Crippen LogP contribution is 2.14. The lowest BCUT2D eigenvalue weighted by Gasteiger charge is -2.37. The van der Waals surface area contributed by atoms with Crippen LogP contribution in [0.15, 0.2) is 4.42 Å². The van der Waals surface area contributed by atoms with Gasteiger partial charge in [0.05, 0.1) is 6.54 Å². The summed E-state index contributed by atoms with van der Waals surface area (Å²) in [7, 11) is 0. The Bertz CT molecular complexity index is 373. The molecule has 1 fully saturated rings. The topological polar surface area (TPSA) is 91.5 Å². The van der Waals surface area contributed by atoms with Gasteiger partial charge in [-0.3, -0.25) is 15.0 Å². The molecule has 1 amide bonds. The first kappa shape index (κ1) is 11.0. The number of nitrogens with zero attached hydrogens (tertiary/aromatic N) is 3. The molecule has 0 unspecified atom stereocenters. The van der Waals surface area contributed by atoms with Gasteiger partial charge in [0.25, 0.3) is 0 Å². The number of nitrogens with one attached hydrogen (secondary N) is 1. The summed E-state index contributed by atoms with van der Waals surface area (Å²) >= 11 is 0. The molecule has 7 nitrogen and oxygen atoms in total. The number of likely N-dealkylation sites (tertiary alicyclic amines) is 1. The highest BCUT2D eigenvalue weighted by Gasteiger charge is 2.27. The van der Waals surface area contributed by atoms with Crippen molar-refractivity contribution in [1.29, 1.82) is 0 Å². The first-order chi connectivity index (χ1) is 7.67. The molecule has 1 aliphatic rings. The molecule has 2 N–H and O–H groups in total. The Labute approximate surface area is 92.4 Å². The normalized spacial score (nSPS) is 17.1. The molecule has 88 valence electrons. The molecule has 16 heavy (non-hydrogen) atoms. The molecule has 1 aromatic heterocycles. The molecule has 2 heterocycles. The van der Waals surface area contributed by atoms with Crippen LogP contribution in [0.4, 0.5) is 6.01 Å². The van der Waals surface area contributed by atoms with Crippen LogP contribution in [-0.4, -0.2) is 52.4 Å². The van der Waals surface area contributed by atoms with Gasteiger partial charge in [-0.05, 0) is 0 Å². The fourth-order valence-electron chi connectivity index (χ4n) is 1.63. The maximum atomic E-state index is 11.5. The number of rotatable bonds is 4. The number of hydrogen-bond acceptors (Lipinski definition) is 6. The summed E-state index contributed by atoms with van der Waals surface area (Å²) in [4.78, 5) is 13.4. The number of amides is 1. The lowest BCUT2D eigenvalue weighted by atomic mass is 10.0. The molecule has 0 aliphatic carbocycles. The van der Waals surface area contributed by atoms with Crippen LogP contribution in [-0.2, 0) is 4.79 Å². The second-order valence-electron chi connectivity index (χ2n) is 3.92. The lowest BCUT2D eigenvalue weighted by molar-refractivity contribution is -0.119. The molecule has 2 rings (SSSR count). The minimum absolute atomic E-state index is 0.127. The van der Waals surface area contributed by atoms with E-state index in [4.69, 9.17) is 9.52 Å². The van der Waals surface area contributed by atoms with Crippen molar-refractivity contribution < 1.29 is 14.3 Å². The molecule has 1 aromatic rings. The predicted octanol–water partition coefficient (Wildman–Crippen LogP) is -0.759. The molecule has 0 atom stereocenters. The van der Waals surface area contributed by atoms with Crippen molar-refractivity contribution in [3.05, 3.63) is 5.89 Å². The Morgan fingerprint density at radius 2 is 2.38 bits per heavy atom. The number of anilines is 1. The van der Waals surface area contributed by atoms with Crippen LogP contribution < -0.4 is 5.32 Å². The van der Waals surface area contributed by atoms with Crippen molar-refractivity contribution in [2.45, 2.75) is 6.92 Å². The van der Waals surface area contributed by atoms with E-state index in [0.717, 1.165) is 13.1 Å². The molecule has 0 spiro atoms. The third-order valence-corrected chi connectivity index (χ3v) is 2.43. The van der Waals surface area contributed by atoms with E-state index in [0.29, 0.717) is 11.8 Å². The molecular formula is C9H14N4O3. The minimum atomic E-state index is -0.181. The fraction of sp³-hybridized carbons (Fsp3) is 0.667. The van der Waals surface area contributed by atoms with Crippen molar-refractivity contribution in [3.63, 3.8) is 0 Å². The predicted molar refractivity (Wildman–Crippen MR) is 54.7 cm³/mol. The van der Waals surface area contributed by atoms with Gasteiger partial charge in [0.2, 0.25) is 11.8 Å². The number of hydrogen-bond donors (Lipinski definition) is 2. The maximum Gasteiger partial charge on any atom is 0.322 e. The van der Waals surface area contributed by atoms with E-state index in [1.165, 1.54) is 0 Å². The SMILES string of the molecule is Cc1nnc(NC(=O)CN2CC(CO)C2)o1. The van der Waals surface area contributed by atoms with Gasteiger partial charge < -0.3 is 9.52 Å². The highest BCUT2D eigenvalue weighted by atomic mass is 16.4. The standard InChI is InChI=1S/C9H14N4O3/c1-6-11-12-9(16-6)10-8(15)4-13-2-7(3-13)5-14/h7,14H,2-5H2,1H3,(H,10,12,15). The summed E-state index contributed by atoms with van der Waals surface area (Å²) < 4.78 is 5.02. The molecular weight excluding hydrogens is 212 g/mol. The van der Waals surface area contributed by atoms with Crippen molar-refractivity contribution in [2.75, 3.05) is 31.6 Å². The first-order valence-electron chi connectivity index (χ1n) is 5.10. The maximum absolute atomic E-state index is 11.5. The summed E-state index contributed by atoms with van der Waals surface area (Å²) in [5.74, 6) is 0.540. The smallest absolute Gasteiger partial charge is 0.322 e. The summed E-state index contributed by atoms with van der Waals surface area (Å²) in [6, 6.07) is 0.127.